The molecule has 1 atom stereocenters. The van der Waals surface area contributed by atoms with Crippen LogP contribution in [0.25, 0.3) is 0 Å². The lowest BCUT2D eigenvalue weighted by atomic mass is 10.2. The first-order chi connectivity index (χ1) is 9.04. The van der Waals surface area contributed by atoms with Gasteiger partial charge in [-0.2, -0.15) is 0 Å². The summed E-state index contributed by atoms with van der Waals surface area (Å²) in [5.74, 6) is -1.53. The topological polar surface area (TPSA) is 70.1 Å². The van der Waals surface area contributed by atoms with Gasteiger partial charge in [-0.25, -0.2) is 4.79 Å². The van der Waals surface area contributed by atoms with Crippen molar-refractivity contribution in [3.63, 3.8) is 0 Å². The molecule has 1 amide bonds. The lowest BCUT2D eigenvalue weighted by Crippen LogP contribution is -2.40. The van der Waals surface area contributed by atoms with Crippen LogP contribution < -0.4 is 0 Å². The van der Waals surface area contributed by atoms with Gasteiger partial charge in [0, 0.05) is 12.6 Å². The monoisotopic (exact) mass is 268 g/mol. The van der Waals surface area contributed by atoms with Gasteiger partial charge < -0.3 is 19.6 Å². The zero-order valence-corrected chi connectivity index (χ0v) is 11.4. The van der Waals surface area contributed by atoms with Crippen molar-refractivity contribution in [1.29, 1.82) is 0 Å². The average Bonchev–Trinajstić information content (AvgIpc) is 2.89. The van der Waals surface area contributed by atoms with E-state index in [1.165, 1.54) is 4.90 Å². The number of hydrogen-bond donors (Lipinski definition) is 1. The second-order valence-corrected chi connectivity index (χ2v) is 5.01. The van der Waals surface area contributed by atoms with Crippen molar-refractivity contribution in [3.8, 4) is 0 Å². The lowest BCUT2D eigenvalue weighted by molar-refractivity contribution is -0.138. The van der Waals surface area contributed by atoms with Crippen molar-refractivity contribution in [3.05, 3.63) is 11.3 Å². The first-order valence-corrected chi connectivity index (χ1v) is 6.63. The zero-order chi connectivity index (χ0) is 14.0. The molecule has 0 aromatic rings. The van der Waals surface area contributed by atoms with E-state index < -0.39 is 17.6 Å². The molecule has 0 aromatic carbocycles. The van der Waals surface area contributed by atoms with Gasteiger partial charge in [-0.05, 0) is 33.4 Å². The van der Waals surface area contributed by atoms with Crippen molar-refractivity contribution >= 4 is 11.9 Å². The second-order valence-electron chi connectivity index (χ2n) is 5.01. The van der Waals surface area contributed by atoms with Crippen LogP contribution in [0.2, 0.25) is 0 Å². The number of likely N-dealkylation sites (N-methyl/N-ethyl adjacent to an activating group) is 1. The molecule has 1 fully saturated rings. The molecule has 2 aliphatic rings. The molecule has 0 bridgehead atoms. The zero-order valence-electron chi connectivity index (χ0n) is 11.4. The molecule has 2 rings (SSSR count). The maximum atomic E-state index is 11.9. The summed E-state index contributed by atoms with van der Waals surface area (Å²) >= 11 is 0. The fourth-order valence-electron chi connectivity index (χ4n) is 2.61. The van der Waals surface area contributed by atoms with E-state index in [-0.39, 0.29) is 18.7 Å². The molecular formula is C13H20N2O4. The molecule has 1 N–H and O–H groups in total. The number of rotatable bonds is 4. The number of carbonyl (C=O) groups is 2. The maximum absolute atomic E-state index is 11.9. The Morgan fingerprint density at radius 3 is 2.84 bits per heavy atom. The summed E-state index contributed by atoms with van der Waals surface area (Å²) < 4.78 is 4.84. The van der Waals surface area contributed by atoms with Crippen LogP contribution in [-0.4, -0.2) is 66.1 Å². The molecule has 106 valence electrons. The van der Waals surface area contributed by atoms with Gasteiger partial charge in [0.15, 0.2) is 5.76 Å². The van der Waals surface area contributed by atoms with E-state index in [4.69, 9.17) is 4.74 Å². The van der Waals surface area contributed by atoms with Crippen LogP contribution in [0.1, 0.15) is 19.8 Å². The second kappa shape index (κ2) is 5.61. The Morgan fingerprint density at radius 2 is 2.26 bits per heavy atom. The Hall–Kier alpha value is -1.56. The highest BCUT2D eigenvalue weighted by Crippen LogP contribution is 2.22. The van der Waals surface area contributed by atoms with Crippen LogP contribution in [0.4, 0.5) is 0 Å². The molecule has 2 aliphatic heterocycles. The Bertz CT molecular complexity index is 419. The number of likely N-dealkylation sites (tertiary alicyclic amines) is 1. The van der Waals surface area contributed by atoms with Crippen LogP contribution in [0.15, 0.2) is 11.3 Å². The van der Waals surface area contributed by atoms with Crippen LogP contribution in [-0.2, 0) is 14.3 Å². The third-order valence-corrected chi connectivity index (χ3v) is 3.75. The third kappa shape index (κ3) is 2.73. The highest BCUT2D eigenvalue weighted by Gasteiger charge is 2.36. The number of nitrogens with zero attached hydrogens (tertiary/aromatic N) is 2. The van der Waals surface area contributed by atoms with E-state index in [9.17, 15) is 14.7 Å². The quantitative estimate of drug-likeness (QED) is 0.743. The highest BCUT2D eigenvalue weighted by molar-refractivity contribution is 6.05. The first-order valence-electron chi connectivity index (χ1n) is 6.63. The molecule has 6 nitrogen and oxygen atoms in total. The maximum Gasteiger partial charge on any atom is 0.339 e. The molecule has 1 saturated heterocycles. The minimum Gasteiger partial charge on any atom is -0.503 e. The lowest BCUT2D eigenvalue weighted by Gasteiger charge is -2.25. The van der Waals surface area contributed by atoms with Crippen LogP contribution in [0.3, 0.4) is 0 Å². The minimum absolute atomic E-state index is 0.0764. The van der Waals surface area contributed by atoms with Gasteiger partial charge in [-0.15, -0.1) is 0 Å². The normalized spacial score (nSPS) is 24.4. The Balaban J connectivity index is 2.00. The van der Waals surface area contributed by atoms with Gasteiger partial charge in [0.05, 0.1) is 13.2 Å². The molecule has 0 aliphatic carbocycles. The van der Waals surface area contributed by atoms with Gasteiger partial charge in [-0.1, -0.05) is 0 Å². The van der Waals surface area contributed by atoms with E-state index >= 15 is 0 Å². The van der Waals surface area contributed by atoms with E-state index in [1.54, 1.807) is 6.92 Å². The summed E-state index contributed by atoms with van der Waals surface area (Å²) in [6.45, 7) is 3.64. The molecule has 0 aromatic heterocycles. The van der Waals surface area contributed by atoms with Gasteiger partial charge in [0.25, 0.3) is 5.91 Å². The van der Waals surface area contributed by atoms with Gasteiger partial charge >= 0.3 is 5.97 Å². The summed E-state index contributed by atoms with van der Waals surface area (Å²) in [5.41, 5.74) is 0.0764. The Kier molecular flexibility index (Phi) is 4.09. The number of esters is 1. The summed E-state index contributed by atoms with van der Waals surface area (Å²) in [5, 5.41) is 9.74. The molecule has 0 saturated carbocycles. The molecule has 0 radical (unpaired) electrons. The number of amides is 1. The van der Waals surface area contributed by atoms with Crippen LogP contribution >= 0.6 is 0 Å². The summed E-state index contributed by atoms with van der Waals surface area (Å²) in [6, 6.07) is 0.304. The summed E-state index contributed by atoms with van der Waals surface area (Å²) in [7, 11) is 2.03. The third-order valence-electron chi connectivity index (χ3n) is 3.75. The number of ether oxygens (including phenoxy) is 1. The summed E-state index contributed by atoms with van der Waals surface area (Å²) in [6.07, 6.45) is 2.16. The number of aliphatic hydroxyl groups is 1. The number of hydrogen-bond acceptors (Lipinski definition) is 5. The van der Waals surface area contributed by atoms with Crippen molar-refractivity contribution in [1.82, 2.24) is 9.80 Å². The smallest absolute Gasteiger partial charge is 0.339 e. The van der Waals surface area contributed by atoms with Crippen molar-refractivity contribution < 1.29 is 19.4 Å². The highest BCUT2D eigenvalue weighted by atomic mass is 16.5. The fraction of sp³-hybridized carbons (Fsp3) is 0.692. The van der Waals surface area contributed by atoms with Crippen LogP contribution in [0, 0.1) is 0 Å². The molecule has 0 spiro atoms. The molecular weight excluding hydrogens is 248 g/mol. The van der Waals surface area contributed by atoms with E-state index in [1.807, 2.05) is 7.05 Å². The molecule has 1 unspecified atom stereocenters. The molecule has 6 heteroatoms. The van der Waals surface area contributed by atoms with E-state index in [0.29, 0.717) is 12.6 Å². The predicted molar refractivity (Wildman–Crippen MR) is 68.5 cm³/mol. The standard InChI is InChI=1S/C13H20N2O4/c1-3-19-13(18)10-8-15(12(17)11(10)16)7-9-5-4-6-14(9)2/h9,16H,3-8H2,1-2H3. The predicted octanol–water partition coefficient (Wildman–Crippen LogP) is 0.298. The van der Waals surface area contributed by atoms with Crippen molar-refractivity contribution in [2.24, 2.45) is 0 Å². The average molecular weight is 268 g/mol. The Labute approximate surface area is 112 Å². The van der Waals surface area contributed by atoms with Gasteiger partial charge in [0.2, 0.25) is 0 Å². The SMILES string of the molecule is CCOC(=O)C1=C(O)C(=O)N(CC2CCCN2C)C1. The number of carbonyl (C=O) groups excluding carboxylic acids is 2. The van der Waals surface area contributed by atoms with Crippen molar-refractivity contribution in [2.75, 3.05) is 33.3 Å². The van der Waals surface area contributed by atoms with Gasteiger partial charge in [0.1, 0.15) is 5.57 Å². The van der Waals surface area contributed by atoms with E-state index in [2.05, 4.69) is 4.90 Å². The summed E-state index contributed by atoms with van der Waals surface area (Å²) in [4.78, 5) is 27.3. The first kappa shape index (κ1) is 13.9. The van der Waals surface area contributed by atoms with E-state index in [0.717, 1.165) is 19.4 Å². The molecule has 19 heavy (non-hydrogen) atoms. The minimum atomic E-state index is -0.601. The largest absolute Gasteiger partial charge is 0.503 e. The van der Waals surface area contributed by atoms with Crippen molar-refractivity contribution in [2.45, 2.75) is 25.8 Å². The number of aliphatic hydroxyl groups excluding tert-OH is 1. The Morgan fingerprint density at radius 1 is 1.53 bits per heavy atom. The fourth-order valence-corrected chi connectivity index (χ4v) is 2.61. The van der Waals surface area contributed by atoms with Gasteiger partial charge in [-0.3, -0.25) is 4.79 Å². The van der Waals surface area contributed by atoms with Crippen LogP contribution in [0.5, 0.6) is 0 Å². The molecule has 2 heterocycles.